The second-order valence-electron chi connectivity index (χ2n) is 7.82. The van der Waals surface area contributed by atoms with Gasteiger partial charge in [0.25, 0.3) is 5.91 Å². The first kappa shape index (κ1) is 19.2. The highest BCUT2D eigenvalue weighted by Crippen LogP contribution is 2.20. The Morgan fingerprint density at radius 2 is 1.88 bits per heavy atom. The molecule has 2 heterocycles. The molecule has 0 bridgehead atoms. The summed E-state index contributed by atoms with van der Waals surface area (Å²) in [6, 6.07) is 3.77. The summed E-state index contributed by atoms with van der Waals surface area (Å²) in [4.78, 5) is 18.9. The monoisotopic (exact) mass is 359 g/mol. The number of carbonyl (C=O) groups is 1. The highest BCUT2D eigenvalue weighted by Gasteiger charge is 2.21. The summed E-state index contributed by atoms with van der Waals surface area (Å²) < 4.78 is 5.98. The summed E-state index contributed by atoms with van der Waals surface area (Å²) in [5.41, 5.74) is 0.680. The van der Waals surface area contributed by atoms with Crippen LogP contribution in [0.5, 0.6) is 0 Å². The lowest BCUT2D eigenvalue weighted by molar-refractivity contribution is 0.0501. The van der Waals surface area contributed by atoms with E-state index in [9.17, 15) is 4.79 Å². The maximum absolute atomic E-state index is 12.5. The topological polar surface area (TPSA) is 54.5 Å². The molecule has 3 rings (SSSR count). The largest absolute Gasteiger partial charge is 0.376 e. The van der Waals surface area contributed by atoms with Crippen molar-refractivity contribution in [1.82, 2.24) is 9.88 Å². The van der Waals surface area contributed by atoms with Gasteiger partial charge in [0.05, 0.1) is 18.3 Å². The van der Waals surface area contributed by atoms with Crippen molar-refractivity contribution in [3.63, 3.8) is 0 Å². The zero-order valence-corrected chi connectivity index (χ0v) is 16.1. The molecule has 1 aliphatic heterocycles. The number of amides is 1. The van der Waals surface area contributed by atoms with Crippen molar-refractivity contribution in [2.24, 2.45) is 5.92 Å². The Morgan fingerprint density at radius 3 is 2.54 bits per heavy atom. The van der Waals surface area contributed by atoms with Gasteiger partial charge in [0, 0.05) is 25.8 Å². The molecule has 0 atom stereocenters. The molecule has 5 heteroatoms. The van der Waals surface area contributed by atoms with E-state index in [-0.39, 0.29) is 5.91 Å². The maximum atomic E-state index is 12.5. The standard InChI is InChI=1S/C21H33N3O2/c1-17-10-13-24(14-11-17)21(25)18-8-9-20(23-16-18)22-12-15-26-19-6-4-2-3-5-7-19/h8-9,16-17,19H,2-7,10-15H2,1H3,(H,22,23). The molecule has 144 valence electrons. The second-order valence-corrected chi connectivity index (χ2v) is 7.82. The fourth-order valence-corrected chi connectivity index (χ4v) is 3.83. The van der Waals surface area contributed by atoms with Crippen LogP contribution in [0.1, 0.15) is 68.6 Å². The molecule has 1 saturated carbocycles. The van der Waals surface area contributed by atoms with E-state index in [1.165, 1.54) is 38.5 Å². The molecule has 0 spiro atoms. The van der Waals surface area contributed by atoms with Gasteiger partial charge in [-0.1, -0.05) is 32.6 Å². The van der Waals surface area contributed by atoms with Gasteiger partial charge in [-0.05, 0) is 43.7 Å². The third kappa shape index (κ3) is 5.70. The number of piperidine rings is 1. The molecule has 2 fully saturated rings. The Morgan fingerprint density at radius 1 is 1.15 bits per heavy atom. The summed E-state index contributed by atoms with van der Waals surface area (Å²) >= 11 is 0. The lowest BCUT2D eigenvalue weighted by Crippen LogP contribution is -2.37. The highest BCUT2D eigenvalue weighted by molar-refractivity contribution is 5.94. The number of carbonyl (C=O) groups excluding carboxylic acids is 1. The zero-order chi connectivity index (χ0) is 18.2. The van der Waals surface area contributed by atoms with Crippen LogP contribution in [-0.2, 0) is 4.74 Å². The molecular weight excluding hydrogens is 326 g/mol. The van der Waals surface area contributed by atoms with Crippen molar-refractivity contribution in [2.75, 3.05) is 31.6 Å². The minimum Gasteiger partial charge on any atom is -0.376 e. The van der Waals surface area contributed by atoms with Crippen LogP contribution in [0.3, 0.4) is 0 Å². The quantitative estimate of drug-likeness (QED) is 0.613. The minimum atomic E-state index is 0.104. The van der Waals surface area contributed by atoms with Crippen LogP contribution in [0.15, 0.2) is 18.3 Å². The fraction of sp³-hybridized carbons (Fsp3) is 0.714. The van der Waals surface area contributed by atoms with Crippen molar-refractivity contribution < 1.29 is 9.53 Å². The van der Waals surface area contributed by atoms with Crippen molar-refractivity contribution >= 4 is 11.7 Å². The summed E-state index contributed by atoms with van der Waals surface area (Å²) in [6.45, 7) is 5.43. The van der Waals surface area contributed by atoms with Gasteiger partial charge in [0.2, 0.25) is 0 Å². The van der Waals surface area contributed by atoms with Crippen LogP contribution in [0.2, 0.25) is 0 Å². The van der Waals surface area contributed by atoms with Crippen molar-refractivity contribution in [1.29, 1.82) is 0 Å². The Kier molecular flexibility index (Phi) is 7.30. The number of likely N-dealkylation sites (tertiary alicyclic amines) is 1. The first-order chi connectivity index (χ1) is 12.7. The number of ether oxygens (including phenoxy) is 1. The molecule has 0 unspecified atom stereocenters. The fourth-order valence-electron chi connectivity index (χ4n) is 3.83. The average Bonchev–Trinajstić information content (AvgIpc) is 2.95. The average molecular weight is 360 g/mol. The van der Waals surface area contributed by atoms with Crippen molar-refractivity contribution in [3.05, 3.63) is 23.9 Å². The molecule has 5 nitrogen and oxygen atoms in total. The van der Waals surface area contributed by atoms with Gasteiger partial charge in [0.15, 0.2) is 0 Å². The number of nitrogens with one attached hydrogen (secondary N) is 1. The number of hydrogen-bond acceptors (Lipinski definition) is 4. The van der Waals surface area contributed by atoms with Crippen LogP contribution < -0.4 is 5.32 Å². The highest BCUT2D eigenvalue weighted by atomic mass is 16.5. The smallest absolute Gasteiger partial charge is 0.255 e. The van der Waals surface area contributed by atoms with Gasteiger partial charge in [0.1, 0.15) is 5.82 Å². The molecule has 1 N–H and O–H groups in total. The van der Waals surface area contributed by atoms with Crippen LogP contribution >= 0.6 is 0 Å². The number of hydrogen-bond donors (Lipinski definition) is 1. The van der Waals surface area contributed by atoms with Crippen molar-refractivity contribution in [3.8, 4) is 0 Å². The summed E-state index contributed by atoms with van der Waals surface area (Å²) in [5.74, 6) is 1.63. The number of nitrogens with zero attached hydrogens (tertiary/aromatic N) is 2. The van der Waals surface area contributed by atoms with E-state index in [1.807, 2.05) is 17.0 Å². The zero-order valence-electron chi connectivity index (χ0n) is 16.1. The lowest BCUT2D eigenvalue weighted by atomic mass is 9.99. The van der Waals surface area contributed by atoms with Crippen LogP contribution in [0, 0.1) is 5.92 Å². The SMILES string of the molecule is CC1CCN(C(=O)c2ccc(NCCOC3CCCCCC3)nc2)CC1. The van der Waals surface area contributed by atoms with E-state index in [2.05, 4.69) is 17.2 Å². The molecule has 0 radical (unpaired) electrons. The molecule has 1 aliphatic carbocycles. The van der Waals surface area contributed by atoms with Gasteiger partial charge < -0.3 is 15.0 Å². The second kappa shape index (κ2) is 9.91. The molecule has 1 aromatic rings. The Hall–Kier alpha value is -1.62. The van der Waals surface area contributed by atoms with E-state index in [4.69, 9.17) is 4.74 Å². The first-order valence-corrected chi connectivity index (χ1v) is 10.3. The lowest BCUT2D eigenvalue weighted by Gasteiger charge is -2.30. The van der Waals surface area contributed by atoms with Gasteiger partial charge in [-0.25, -0.2) is 4.98 Å². The predicted molar refractivity (Wildman–Crippen MR) is 104 cm³/mol. The first-order valence-electron chi connectivity index (χ1n) is 10.3. The molecule has 2 aliphatic rings. The van der Waals surface area contributed by atoms with Crippen LogP contribution in [-0.4, -0.2) is 48.1 Å². The molecule has 1 aromatic heterocycles. The van der Waals surface area contributed by atoms with Gasteiger partial charge in [-0.2, -0.15) is 0 Å². The van der Waals surface area contributed by atoms with Gasteiger partial charge in [-0.3, -0.25) is 4.79 Å². The number of anilines is 1. The summed E-state index contributed by atoms with van der Waals surface area (Å²) in [5, 5.41) is 3.29. The van der Waals surface area contributed by atoms with E-state index >= 15 is 0 Å². The summed E-state index contributed by atoms with van der Waals surface area (Å²) in [6.07, 6.45) is 12.0. The van der Waals surface area contributed by atoms with E-state index < -0.39 is 0 Å². The van der Waals surface area contributed by atoms with E-state index in [0.717, 1.165) is 44.2 Å². The van der Waals surface area contributed by atoms with Crippen LogP contribution in [0.25, 0.3) is 0 Å². The normalized spacial score (nSPS) is 20.0. The molecule has 1 saturated heterocycles. The molecule has 0 aromatic carbocycles. The summed E-state index contributed by atoms with van der Waals surface area (Å²) in [7, 11) is 0. The molecular formula is C21H33N3O2. The Bertz CT molecular complexity index is 545. The molecule has 1 amide bonds. The number of rotatable bonds is 6. The van der Waals surface area contributed by atoms with E-state index in [1.54, 1.807) is 6.20 Å². The van der Waals surface area contributed by atoms with Crippen molar-refractivity contribution in [2.45, 2.75) is 64.4 Å². The molecule has 26 heavy (non-hydrogen) atoms. The number of pyridine rings is 1. The maximum Gasteiger partial charge on any atom is 0.255 e. The number of aromatic nitrogens is 1. The Balaban J connectivity index is 1.39. The third-order valence-corrected chi connectivity index (χ3v) is 5.65. The van der Waals surface area contributed by atoms with Gasteiger partial charge >= 0.3 is 0 Å². The van der Waals surface area contributed by atoms with Gasteiger partial charge in [-0.15, -0.1) is 0 Å². The minimum absolute atomic E-state index is 0.104. The third-order valence-electron chi connectivity index (χ3n) is 5.65. The van der Waals surface area contributed by atoms with Crippen LogP contribution in [0.4, 0.5) is 5.82 Å². The predicted octanol–water partition coefficient (Wildman–Crippen LogP) is 4.11. The van der Waals surface area contributed by atoms with E-state index in [0.29, 0.717) is 18.3 Å². The Labute approximate surface area is 157 Å².